The number of likely N-dealkylation sites (N-methyl/N-ethyl adjacent to an activating group) is 1. The first-order chi connectivity index (χ1) is 8.76. The first kappa shape index (κ1) is 13.5. The van der Waals surface area contributed by atoms with Crippen LogP contribution in [0.2, 0.25) is 0 Å². The molecule has 1 aromatic rings. The lowest BCUT2D eigenvalue weighted by atomic mass is 9.87. The Bertz CT molecular complexity index is 351. The SMILES string of the molecule is CCN(CC)CC(O)[C@H]1CO[C@H]1c1ccccc1. The van der Waals surface area contributed by atoms with Crippen molar-refractivity contribution in [2.75, 3.05) is 26.2 Å². The van der Waals surface area contributed by atoms with E-state index < -0.39 is 0 Å². The van der Waals surface area contributed by atoms with Crippen molar-refractivity contribution in [3.63, 3.8) is 0 Å². The number of rotatable bonds is 6. The summed E-state index contributed by atoms with van der Waals surface area (Å²) in [5.41, 5.74) is 1.17. The van der Waals surface area contributed by atoms with Crippen LogP contribution in [-0.4, -0.2) is 42.4 Å². The predicted molar refractivity (Wildman–Crippen MR) is 72.4 cm³/mol. The fourth-order valence-electron chi connectivity index (χ4n) is 2.48. The maximum atomic E-state index is 10.3. The first-order valence-electron chi connectivity index (χ1n) is 6.83. The summed E-state index contributed by atoms with van der Waals surface area (Å²) in [6.07, 6.45) is -0.236. The van der Waals surface area contributed by atoms with E-state index in [0.29, 0.717) is 6.61 Å². The minimum Gasteiger partial charge on any atom is -0.391 e. The van der Waals surface area contributed by atoms with Crippen LogP contribution in [0.3, 0.4) is 0 Å². The zero-order chi connectivity index (χ0) is 13.0. The van der Waals surface area contributed by atoms with Crippen molar-refractivity contribution < 1.29 is 9.84 Å². The fraction of sp³-hybridized carbons (Fsp3) is 0.600. The second-order valence-electron chi connectivity index (χ2n) is 4.88. The molecular formula is C15H23NO2. The summed E-state index contributed by atoms with van der Waals surface area (Å²) in [6, 6.07) is 10.2. The summed E-state index contributed by atoms with van der Waals surface area (Å²) in [4.78, 5) is 2.26. The van der Waals surface area contributed by atoms with E-state index in [-0.39, 0.29) is 18.1 Å². The summed E-state index contributed by atoms with van der Waals surface area (Å²) in [6.45, 7) is 7.63. The number of hydrogen-bond donors (Lipinski definition) is 1. The summed E-state index contributed by atoms with van der Waals surface area (Å²) in [5, 5.41) is 10.3. The van der Waals surface area contributed by atoms with Crippen molar-refractivity contribution in [3.8, 4) is 0 Å². The first-order valence-corrected chi connectivity index (χ1v) is 6.83. The van der Waals surface area contributed by atoms with Gasteiger partial charge in [-0.15, -0.1) is 0 Å². The molecular weight excluding hydrogens is 226 g/mol. The summed E-state index contributed by atoms with van der Waals surface area (Å²) in [5.74, 6) is 0.230. The molecule has 18 heavy (non-hydrogen) atoms. The maximum absolute atomic E-state index is 10.3. The van der Waals surface area contributed by atoms with Crippen LogP contribution in [0, 0.1) is 5.92 Å². The second-order valence-corrected chi connectivity index (χ2v) is 4.88. The highest BCUT2D eigenvalue weighted by molar-refractivity contribution is 5.20. The van der Waals surface area contributed by atoms with E-state index >= 15 is 0 Å². The Hall–Kier alpha value is -0.900. The second kappa shape index (κ2) is 6.32. The molecule has 0 spiro atoms. The van der Waals surface area contributed by atoms with Crippen molar-refractivity contribution in [2.24, 2.45) is 5.92 Å². The standard InChI is InChI=1S/C15H23NO2/c1-3-16(4-2)10-14(17)13-11-18-15(13)12-8-6-5-7-9-12/h5-9,13-15,17H,3-4,10-11H2,1-2H3/t13-,14?,15+/m1/s1. The largest absolute Gasteiger partial charge is 0.391 e. The molecule has 1 aliphatic rings. The van der Waals surface area contributed by atoms with Gasteiger partial charge in [-0.05, 0) is 18.7 Å². The van der Waals surface area contributed by atoms with Crippen molar-refractivity contribution in [1.29, 1.82) is 0 Å². The van der Waals surface area contributed by atoms with Gasteiger partial charge in [-0.2, -0.15) is 0 Å². The van der Waals surface area contributed by atoms with Gasteiger partial charge < -0.3 is 14.7 Å². The number of aliphatic hydroxyl groups is 1. The molecule has 0 radical (unpaired) electrons. The molecule has 0 amide bonds. The Balaban J connectivity index is 1.93. The Labute approximate surface area is 109 Å². The molecule has 1 fully saturated rings. The van der Waals surface area contributed by atoms with Crippen LogP contribution in [0.25, 0.3) is 0 Å². The molecule has 0 saturated carbocycles. The van der Waals surface area contributed by atoms with Crippen LogP contribution in [-0.2, 0) is 4.74 Å². The fourth-order valence-corrected chi connectivity index (χ4v) is 2.48. The van der Waals surface area contributed by atoms with Crippen LogP contribution in [0.5, 0.6) is 0 Å². The van der Waals surface area contributed by atoms with Gasteiger partial charge in [0.05, 0.1) is 18.8 Å². The van der Waals surface area contributed by atoms with Crippen molar-refractivity contribution in [1.82, 2.24) is 4.90 Å². The molecule has 1 N–H and O–H groups in total. The Morgan fingerprint density at radius 3 is 2.44 bits per heavy atom. The van der Waals surface area contributed by atoms with Crippen LogP contribution in [0.1, 0.15) is 25.5 Å². The van der Waals surface area contributed by atoms with E-state index in [0.717, 1.165) is 19.6 Å². The molecule has 100 valence electrons. The van der Waals surface area contributed by atoms with Crippen LogP contribution in [0.4, 0.5) is 0 Å². The van der Waals surface area contributed by atoms with Gasteiger partial charge in [-0.1, -0.05) is 44.2 Å². The lowest BCUT2D eigenvalue weighted by Gasteiger charge is -2.41. The Kier molecular flexibility index (Phi) is 4.75. The molecule has 1 aliphatic heterocycles. The van der Waals surface area contributed by atoms with Gasteiger partial charge in [-0.3, -0.25) is 0 Å². The highest BCUT2D eigenvalue weighted by atomic mass is 16.5. The minimum atomic E-state index is -0.302. The average molecular weight is 249 g/mol. The van der Waals surface area contributed by atoms with Gasteiger partial charge in [-0.25, -0.2) is 0 Å². The number of nitrogens with zero attached hydrogens (tertiary/aromatic N) is 1. The molecule has 2 rings (SSSR count). The third-order valence-corrected chi connectivity index (χ3v) is 3.82. The monoisotopic (exact) mass is 249 g/mol. The van der Waals surface area contributed by atoms with Crippen molar-refractivity contribution in [3.05, 3.63) is 35.9 Å². The average Bonchev–Trinajstić information content (AvgIpc) is 2.36. The van der Waals surface area contributed by atoms with Crippen molar-refractivity contribution in [2.45, 2.75) is 26.1 Å². The summed E-state index contributed by atoms with van der Waals surface area (Å²) >= 11 is 0. The quantitative estimate of drug-likeness (QED) is 0.838. The van der Waals surface area contributed by atoms with Crippen LogP contribution in [0.15, 0.2) is 30.3 Å². The third kappa shape index (κ3) is 2.91. The van der Waals surface area contributed by atoms with Crippen LogP contribution >= 0.6 is 0 Å². The molecule has 1 unspecified atom stereocenters. The van der Waals surface area contributed by atoms with E-state index in [2.05, 4.69) is 30.9 Å². The lowest BCUT2D eigenvalue weighted by Crippen LogP contribution is -2.46. The highest BCUT2D eigenvalue weighted by Crippen LogP contribution is 2.37. The van der Waals surface area contributed by atoms with Gasteiger partial charge in [0.1, 0.15) is 0 Å². The Morgan fingerprint density at radius 1 is 1.28 bits per heavy atom. The van der Waals surface area contributed by atoms with E-state index in [4.69, 9.17) is 4.74 Å². The van der Waals surface area contributed by atoms with Gasteiger partial charge in [0.2, 0.25) is 0 Å². The van der Waals surface area contributed by atoms with Gasteiger partial charge in [0, 0.05) is 12.5 Å². The molecule has 3 heteroatoms. The molecule has 0 aliphatic carbocycles. The molecule has 1 aromatic carbocycles. The van der Waals surface area contributed by atoms with E-state index in [9.17, 15) is 5.11 Å². The number of hydrogen-bond acceptors (Lipinski definition) is 3. The summed E-state index contributed by atoms with van der Waals surface area (Å²) < 4.78 is 5.62. The molecule has 1 saturated heterocycles. The minimum absolute atomic E-state index is 0.0664. The zero-order valence-electron chi connectivity index (χ0n) is 11.2. The molecule has 0 aromatic heterocycles. The predicted octanol–water partition coefficient (Wildman–Crippen LogP) is 2.08. The van der Waals surface area contributed by atoms with Gasteiger partial charge in [0.25, 0.3) is 0 Å². The number of aliphatic hydroxyl groups excluding tert-OH is 1. The summed E-state index contributed by atoms with van der Waals surface area (Å²) in [7, 11) is 0. The van der Waals surface area contributed by atoms with Gasteiger partial charge >= 0.3 is 0 Å². The number of ether oxygens (including phenoxy) is 1. The molecule has 0 bridgehead atoms. The zero-order valence-corrected chi connectivity index (χ0v) is 11.2. The maximum Gasteiger partial charge on any atom is 0.0900 e. The van der Waals surface area contributed by atoms with E-state index in [1.807, 2.05) is 18.2 Å². The van der Waals surface area contributed by atoms with E-state index in [1.54, 1.807) is 0 Å². The molecule has 1 heterocycles. The smallest absolute Gasteiger partial charge is 0.0900 e. The topological polar surface area (TPSA) is 32.7 Å². The van der Waals surface area contributed by atoms with Crippen LogP contribution < -0.4 is 0 Å². The highest BCUT2D eigenvalue weighted by Gasteiger charge is 2.38. The number of benzene rings is 1. The molecule has 3 nitrogen and oxygen atoms in total. The molecule has 3 atom stereocenters. The third-order valence-electron chi connectivity index (χ3n) is 3.82. The van der Waals surface area contributed by atoms with E-state index in [1.165, 1.54) is 5.56 Å². The Morgan fingerprint density at radius 2 is 1.94 bits per heavy atom. The van der Waals surface area contributed by atoms with Gasteiger partial charge in [0.15, 0.2) is 0 Å². The lowest BCUT2D eigenvalue weighted by molar-refractivity contribution is -0.164. The van der Waals surface area contributed by atoms with Crippen molar-refractivity contribution >= 4 is 0 Å². The normalized spacial score (nSPS) is 24.9.